The molecule has 0 aromatic heterocycles. The monoisotopic (exact) mass is 434 g/mol. The maximum atomic E-state index is 12.4. The second-order valence-corrected chi connectivity index (χ2v) is 8.54. The van der Waals surface area contributed by atoms with Crippen molar-refractivity contribution >= 4 is 5.97 Å². The zero-order valence-corrected chi connectivity index (χ0v) is 18.9. The Hall–Kier alpha value is -3.85. The van der Waals surface area contributed by atoms with Gasteiger partial charge in [0.15, 0.2) is 6.61 Å². The van der Waals surface area contributed by atoms with E-state index in [-0.39, 0.29) is 18.5 Å². The normalized spacial score (nSPS) is 12.2. The van der Waals surface area contributed by atoms with Crippen LogP contribution in [0.15, 0.2) is 91.0 Å². The molecule has 0 atom stereocenters. The molecule has 0 heterocycles. The summed E-state index contributed by atoms with van der Waals surface area (Å²) in [7, 11) is 0. The predicted molar refractivity (Wildman–Crippen MR) is 132 cm³/mol. The maximum Gasteiger partial charge on any atom is 0.344 e. The lowest BCUT2D eigenvalue weighted by molar-refractivity contribution is -0.146. The van der Waals surface area contributed by atoms with Crippen LogP contribution in [-0.2, 0) is 9.53 Å². The summed E-state index contributed by atoms with van der Waals surface area (Å²) in [6.07, 6.45) is 0. The van der Waals surface area contributed by atoms with Gasteiger partial charge in [-0.3, -0.25) is 0 Å². The van der Waals surface area contributed by atoms with Gasteiger partial charge in [-0.15, -0.1) is 0 Å². The minimum atomic E-state index is -0.365. The zero-order chi connectivity index (χ0) is 22.8. The number of fused-ring (bicyclic) bond motifs is 3. The summed E-state index contributed by atoms with van der Waals surface area (Å²) in [6.45, 7) is 4.40. The first-order valence-corrected chi connectivity index (χ1v) is 11.2. The van der Waals surface area contributed by atoms with E-state index < -0.39 is 0 Å². The molecule has 4 aromatic carbocycles. The molecular formula is C30H26O3. The van der Waals surface area contributed by atoms with Crippen LogP contribution in [0, 0.1) is 13.8 Å². The Labute approximate surface area is 194 Å². The average Bonchev–Trinajstić information content (AvgIpc) is 3.16. The molecule has 0 fully saturated rings. The van der Waals surface area contributed by atoms with Gasteiger partial charge in [0.05, 0.1) is 0 Å². The molecular weight excluding hydrogens is 408 g/mol. The van der Waals surface area contributed by atoms with Crippen molar-refractivity contribution in [3.63, 3.8) is 0 Å². The summed E-state index contributed by atoms with van der Waals surface area (Å²) in [4.78, 5) is 12.4. The molecule has 1 aliphatic rings. The first-order valence-electron chi connectivity index (χ1n) is 11.2. The van der Waals surface area contributed by atoms with Crippen molar-refractivity contribution < 1.29 is 14.3 Å². The summed E-state index contributed by atoms with van der Waals surface area (Å²) in [5, 5.41) is 0. The molecule has 164 valence electrons. The molecule has 1 aliphatic carbocycles. The van der Waals surface area contributed by atoms with Gasteiger partial charge in [-0.05, 0) is 64.9 Å². The number of hydrogen-bond donors (Lipinski definition) is 0. The van der Waals surface area contributed by atoms with Crippen molar-refractivity contribution in [2.24, 2.45) is 0 Å². The molecule has 0 N–H and O–H groups in total. The lowest BCUT2D eigenvalue weighted by atomic mass is 9.98. The fraction of sp³-hybridized carbons (Fsp3) is 0.167. The van der Waals surface area contributed by atoms with E-state index in [9.17, 15) is 4.79 Å². The highest BCUT2D eigenvalue weighted by Gasteiger charge is 2.29. The Morgan fingerprint density at radius 1 is 0.758 bits per heavy atom. The molecule has 0 unspecified atom stereocenters. The number of rotatable bonds is 6. The van der Waals surface area contributed by atoms with Gasteiger partial charge in [0.25, 0.3) is 0 Å². The molecule has 5 rings (SSSR count). The van der Waals surface area contributed by atoms with Gasteiger partial charge in [-0.25, -0.2) is 4.79 Å². The summed E-state index contributed by atoms with van der Waals surface area (Å²) >= 11 is 0. The molecule has 3 nitrogen and oxygen atoms in total. The van der Waals surface area contributed by atoms with Crippen LogP contribution in [0.2, 0.25) is 0 Å². The van der Waals surface area contributed by atoms with E-state index in [1.807, 2.05) is 48.5 Å². The highest BCUT2D eigenvalue weighted by Crippen LogP contribution is 2.44. The fourth-order valence-corrected chi connectivity index (χ4v) is 4.67. The third-order valence-electron chi connectivity index (χ3n) is 6.28. The van der Waals surface area contributed by atoms with Crippen LogP contribution in [0.1, 0.15) is 28.2 Å². The van der Waals surface area contributed by atoms with E-state index in [2.05, 4.69) is 56.3 Å². The molecule has 3 heteroatoms. The summed E-state index contributed by atoms with van der Waals surface area (Å²) in [5.41, 5.74) is 9.65. The Morgan fingerprint density at radius 2 is 1.39 bits per heavy atom. The first kappa shape index (κ1) is 21.0. The van der Waals surface area contributed by atoms with E-state index in [1.165, 1.54) is 38.9 Å². The predicted octanol–water partition coefficient (Wildman–Crippen LogP) is 6.70. The Bertz CT molecular complexity index is 1260. The van der Waals surface area contributed by atoms with E-state index in [4.69, 9.17) is 9.47 Å². The van der Waals surface area contributed by atoms with Gasteiger partial charge in [-0.2, -0.15) is 0 Å². The summed E-state index contributed by atoms with van der Waals surface area (Å²) < 4.78 is 11.3. The first-order chi connectivity index (χ1) is 16.1. The molecule has 0 spiro atoms. The Kier molecular flexibility index (Phi) is 5.70. The minimum Gasteiger partial charge on any atom is -0.482 e. The van der Waals surface area contributed by atoms with E-state index in [0.29, 0.717) is 12.4 Å². The highest BCUT2D eigenvalue weighted by molar-refractivity contribution is 5.79. The van der Waals surface area contributed by atoms with Gasteiger partial charge in [0.1, 0.15) is 12.4 Å². The highest BCUT2D eigenvalue weighted by atomic mass is 16.6. The van der Waals surface area contributed by atoms with Crippen molar-refractivity contribution in [3.05, 3.63) is 113 Å². The molecule has 0 aliphatic heterocycles. The Morgan fingerprint density at radius 3 is 2.03 bits per heavy atom. The van der Waals surface area contributed by atoms with Crippen molar-refractivity contribution in [1.29, 1.82) is 0 Å². The van der Waals surface area contributed by atoms with Crippen LogP contribution in [0.25, 0.3) is 22.3 Å². The number of carbonyl (C=O) groups is 1. The number of carbonyl (C=O) groups excluding carboxylic acids is 1. The van der Waals surface area contributed by atoms with Crippen LogP contribution in [0.3, 0.4) is 0 Å². The van der Waals surface area contributed by atoms with Crippen LogP contribution >= 0.6 is 0 Å². The lowest BCUT2D eigenvalue weighted by Gasteiger charge is -2.14. The van der Waals surface area contributed by atoms with Crippen molar-refractivity contribution in [1.82, 2.24) is 0 Å². The molecule has 0 radical (unpaired) electrons. The number of benzene rings is 4. The van der Waals surface area contributed by atoms with Crippen LogP contribution in [-0.4, -0.2) is 19.2 Å². The molecule has 0 saturated heterocycles. The topological polar surface area (TPSA) is 35.5 Å². The fourth-order valence-electron chi connectivity index (χ4n) is 4.67. The zero-order valence-electron chi connectivity index (χ0n) is 18.9. The molecule has 0 amide bonds. The van der Waals surface area contributed by atoms with Gasteiger partial charge in [0.2, 0.25) is 0 Å². The number of esters is 1. The van der Waals surface area contributed by atoms with Crippen LogP contribution in [0.4, 0.5) is 0 Å². The Balaban J connectivity index is 1.20. The summed E-state index contributed by atoms with van der Waals surface area (Å²) in [5.74, 6) is 0.339. The SMILES string of the molecule is Cc1ccc(-c2ccc(OCC(=O)OCC3c4ccccc4-c4ccccc43)cc2)c(C)c1. The second kappa shape index (κ2) is 8.95. The smallest absolute Gasteiger partial charge is 0.344 e. The van der Waals surface area contributed by atoms with Crippen LogP contribution in [0.5, 0.6) is 5.75 Å². The number of ether oxygens (including phenoxy) is 2. The maximum absolute atomic E-state index is 12.4. The van der Waals surface area contributed by atoms with E-state index in [1.54, 1.807) is 0 Å². The van der Waals surface area contributed by atoms with Gasteiger partial charge in [-0.1, -0.05) is 84.4 Å². The standard InChI is InChI=1S/C30H26O3/c1-20-11-16-24(21(2)17-20)22-12-14-23(15-13-22)32-19-30(31)33-18-29-27-9-5-3-7-25(27)26-8-4-6-10-28(26)29/h3-17,29H,18-19H2,1-2H3. The van der Waals surface area contributed by atoms with Crippen molar-refractivity contribution in [3.8, 4) is 28.0 Å². The second-order valence-electron chi connectivity index (χ2n) is 8.54. The van der Waals surface area contributed by atoms with Crippen LogP contribution < -0.4 is 4.74 Å². The quantitative estimate of drug-likeness (QED) is 0.317. The molecule has 4 aromatic rings. The van der Waals surface area contributed by atoms with Gasteiger partial charge >= 0.3 is 5.97 Å². The molecule has 33 heavy (non-hydrogen) atoms. The van der Waals surface area contributed by atoms with E-state index >= 15 is 0 Å². The summed E-state index contributed by atoms with van der Waals surface area (Å²) in [6, 6.07) is 30.9. The molecule has 0 bridgehead atoms. The van der Waals surface area contributed by atoms with E-state index in [0.717, 1.165) is 5.56 Å². The van der Waals surface area contributed by atoms with Crippen molar-refractivity contribution in [2.45, 2.75) is 19.8 Å². The average molecular weight is 435 g/mol. The third kappa shape index (κ3) is 4.27. The van der Waals surface area contributed by atoms with Gasteiger partial charge < -0.3 is 9.47 Å². The number of hydrogen-bond acceptors (Lipinski definition) is 3. The molecule has 0 saturated carbocycles. The lowest BCUT2D eigenvalue weighted by Crippen LogP contribution is -2.18. The number of aryl methyl sites for hydroxylation is 2. The van der Waals surface area contributed by atoms with Crippen molar-refractivity contribution in [2.75, 3.05) is 13.2 Å². The van der Waals surface area contributed by atoms with Gasteiger partial charge in [0, 0.05) is 5.92 Å². The third-order valence-corrected chi connectivity index (χ3v) is 6.28. The minimum absolute atomic E-state index is 0.0541. The largest absolute Gasteiger partial charge is 0.482 e.